The minimum Gasteiger partial charge on any atom is -0.497 e. The van der Waals surface area contributed by atoms with Gasteiger partial charge in [-0.2, -0.15) is 0 Å². The van der Waals surface area contributed by atoms with Crippen LogP contribution in [0.3, 0.4) is 0 Å². The SMILES string of the molecule is CCCC1OC(c2ccc(OC)cc2)=Cc2cc(OC)c(OC)cc21. The fraction of sp³-hybridized carbons (Fsp3) is 0.333. The minimum absolute atomic E-state index is 0.00177. The van der Waals surface area contributed by atoms with Crippen molar-refractivity contribution in [1.82, 2.24) is 0 Å². The van der Waals surface area contributed by atoms with Crippen LogP contribution in [0.1, 0.15) is 42.6 Å². The highest BCUT2D eigenvalue weighted by atomic mass is 16.5. The number of ether oxygens (including phenoxy) is 4. The lowest BCUT2D eigenvalue weighted by Crippen LogP contribution is -2.11. The Morgan fingerprint density at radius 2 is 1.60 bits per heavy atom. The molecule has 0 saturated heterocycles. The minimum atomic E-state index is 0.00177. The summed E-state index contributed by atoms with van der Waals surface area (Å²) in [4.78, 5) is 0. The predicted octanol–water partition coefficient (Wildman–Crippen LogP) is 5.08. The van der Waals surface area contributed by atoms with Gasteiger partial charge in [-0.3, -0.25) is 0 Å². The summed E-state index contributed by atoms with van der Waals surface area (Å²) in [5.41, 5.74) is 3.27. The summed E-state index contributed by atoms with van der Waals surface area (Å²) < 4.78 is 22.5. The van der Waals surface area contributed by atoms with Crippen molar-refractivity contribution in [3.05, 3.63) is 53.1 Å². The molecule has 0 aromatic heterocycles. The molecule has 1 heterocycles. The van der Waals surface area contributed by atoms with Gasteiger partial charge in [-0.25, -0.2) is 0 Å². The first-order valence-corrected chi connectivity index (χ1v) is 8.48. The van der Waals surface area contributed by atoms with Crippen molar-refractivity contribution in [1.29, 1.82) is 0 Å². The fourth-order valence-electron chi connectivity index (χ4n) is 3.09. The molecule has 3 rings (SSSR count). The monoisotopic (exact) mass is 340 g/mol. The smallest absolute Gasteiger partial charge is 0.161 e. The number of methoxy groups -OCH3 is 3. The number of hydrogen-bond acceptors (Lipinski definition) is 4. The van der Waals surface area contributed by atoms with Gasteiger partial charge in [0.15, 0.2) is 11.5 Å². The van der Waals surface area contributed by atoms with Gasteiger partial charge in [0, 0.05) is 11.1 Å². The van der Waals surface area contributed by atoms with Crippen molar-refractivity contribution in [3.63, 3.8) is 0 Å². The Labute approximate surface area is 149 Å². The van der Waals surface area contributed by atoms with Crippen LogP contribution < -0.4 is 14.2 Å². The highest BCUT2D eigenvalue weighted by Crippen LogP contribution is 2.42. The zero-order chi connectivity index (χ0) is 17.8. The average Bonchev–Trinajstić information content (AvgIpc) is 2.67. The summed E-state index contributed by atoms with van der Waals surface area (Å²) in [6.45, 7) is 2.16. The first-order chi connectivity index (χ1) is 12.2. The van der Waals surface area contributed by atoms with E-state index in [-0.39, 0.29) is 6.10 Å². The van der Waals surface area contributed by atoms with Gasteiger partial charge in [0.2, 0.25) is 0 Å². The Bertz CT molecular complexity index is 762. The normalized spacial score (nSPS) is 15.7. The molecule has 0 amide bonds. The maximum absolute atomic E-state index is 6.31. The van der Waals surface area contributed by atoms with Crippen LogP contribution in [-0.4, -0.2) is 21.3 Å². The van der Waals surface area contributed by atoms with Gasteiger partial charge in [-0.05, 0) is 54.5 Å². The van der Waals surface area contributed by atoms with Crippen LogP contribution in [0.5, 0.6) is 17.2 Å². The van der Waals surface area contributed by atoms with Gasteiger partial charge in [0.1, 0.15) is 17.6 Å². The molecule has 1 atom stereocenters. The van der Waals surface area contributed by atoms with Crippen LogP contribution in [0.15, 0.2) is 36.4 Å². The van der Waals surface area contributed by atoms with E-state index in [1.54, 1.807) is 21.3 Å². The highest BCUT2D eigenvalue weighted by Gasteiger charge is 2.25. The molecule has 2 aromatic carbocycles. The van der Waals surface area contributed by atoms with Gasteiger partial charge in [0.05, 0.1) is 21.3 Å². The van der Waals surface area contributed by atoms with E-state index in [0.717, 1.165) is 52.5 Å². The van der Waals surface area contributed by atoms with E-state index in [2.05, 4.69) is 13.0 Å². The molecule has 0 saturated carbocycles. The van der Waals surface area contributed by atoms with Crippen molar-refractivity contribution < 1.29 is 18.9 Å². The molecule has 0 N–H and O–H groups in total. The van der Waals surface area contributed by atoms with Gasteiger partial charge in [-0.1, -0.05) is 13.3 Å². The number of hydrogen-bond donors (Lipinski definition) is 0. The van der Waals surface area contributed by atoms with Crippen LogP contribution in [0.25, 0.3) is 11.8 Å². The summed E-state index contributed by atoms with van der Waals surface area (Å²) >= 11 is 0. The summed E-state index contributed by atoms with van der Waals surface area (Å²) in [5, 5.41) is 0. The van der Waals surface area contributed by atoms with Crippen LogP contribution in [-0.2, 0) is 4.74 Å². The third-order valence-electron chi connectivity index (χ3n) is 4.42. The molecule has 4 nitrogen and oxygen atoms in total. The Balaban J connectivity index is 2.06. The first-order valence-electron chi connectivity index (χ1n) is 8.48. The Hall–Kier alpha value is -2.62. The lowest BCUT2D eigenvalue weighted by Gasteiger charge is -2.28. The maximum atomic E-state index is 6.31. The largest absolute Gasteiger partial charge is 0.497 e. The Morgan fingerprint density at radius 3 is 2.20 bits per heavy atom. The molecule has 1 unspecified atom stereocenters. The topological polar surface area (TPSA) is 36.9 Å². The zero-order valence-corrected chi connectivity index (χ0v) is 15.2. The standard InChI is InChI=1S/C21H24O4/c1-5-6-18-17-13-21(24-4)20(23-3)12-15(17)11-19(25-18)14-7-9-16(22-2)10-8-14/h7-13,18H,5-6H2,1-4H3. The van der Waals surface area contributed by atoms with Crippen molar-refractivity contribution in [2.24, 2.45) is 0 Å². The summed E-state index contributed by atoms with van der Waals surface area (Å²) in [6.07, 6.45) is 4.04. The Kier molecular flexibility index (Phi) is 5.17. The number of fused-ring (bicyclic) bond motifs is 1. The van der Waals surface area contributed by atoms with E-state index in [1.807, 2.05) is 36.4 Å². The Morgan fingerprint density at radius 1 is 0.920 bits per heavy atom. The molecule has 2 aromatic rings. The number of benzene rings is 2. The zero-order valence-electron chi connectivity index (χ0n) is 15.2. The molecule has 0 aliphatic carbocycles. The van der Waals surface area contributed by atoms with Crippen LogP contribution in [0.2, 0.25) is 0 Å². The highest BCUT2D eigenvalue weighted by molar-refractivity contribution is 5.81. The molecular formula is C21H24O4. The molecule has 1 aliphatic heterocycles. The van der Waals surface area contributed by atoms with Gasteiger partial charge >= 0.3 is 0 Å². The molecule has 0 spiro atoms. The maximum Gasteiger partial charge on any atom is 0.161 e. The predicted molar refractivity (Wildman–Crippen MR) is 99.1 cm³/mol. The second kappa shape index (κ2) is 7.51. The van der Waals surface area contributed by atoms with Crippen molar-refractivity contribution in [3.8, 4) is 17.2 Å². The molecule has 25 heavy (non-hydrogen) atoms. The van der Waals surface area contributed by atoms with Crippen LogP contribution in [0.4, 0.5) is 0 Å². The third-order valence-corrected chi connectivity index (χ3v) is 4.42. The fourth-order valence-corrected chi connectivity index (χ4v) is 3.09. The molecular weight excluding hydrogens is 316 g/mol. The second-order valence-electron chi connectivity index (χ2n) is 5.97. The van der Waals surface area contributed by atoms with Crippen molar-refractivity contribution in [2.75, 3.05) is 21.3 Å². The van der Waals surface area contributed by atoms with E-state index < -0.39 is 0 Å². The van der Waals surface area contributed by atoms with E-state index in [0.29, 0.717) is 0 Å². The first kappa shape index (κ1) is 17.2. The quantitative estimate of drug-likeness (QED) is 0.735. The third kappa shape index (κ3) is 3.43. The summed E-state index contributed by atoms with van der Waals surface area (Å²) in [5.74, 6) is 3.15. The number of rotatable bonds is 6. The van der Waals surface area contributed by atoms with Gasteiger partial charge in [0.25, 0.3) is 0 Å². The molecule has 0 fully saturated rings. The van der Waals surface area contributed by atoms with E-state index in [1.165, 1.54) is 0 Å². The molecule has 0 radical (unpaired) electrons. The van der Waals surface area contributed by atoms with Crippen LogP contribution in [0, 0.1) is 0 Å². The molecule has 4 heteroatoms. The lowest BCUT2D eigenvalue weighted by atomic mass is 9.94. The van der Waals surface area contributed by atoms with E-state index in [9.17, 15) is 0 Å². The average molecular weight is 340 g/mol. The molecule has 1 aliphatic rings. The van der Waals surface area contributed by atoms with Crippen molar-refractivity contribution in [2.45, 2.75) is 25.9 Å². The summed E-state index contributed by atoms with van der Waals surface area (Å²) in [6, 6.07) is 12.0. The van der Waals surface area contributed by atoms with E-state index in [4.69, 9.17) is 18.9 Å². The summed E-state index contributed by atoms with van der Waals surface area (Å²) in [7, 11) is 4.97. The molecule has 0 bridgehead atoms. The second-order valence-corrected chi connectivity index (χ2v) is 5.97. The molecule has 132 valence electrons. The lowest BCUT2D eigenvalue weighted by molar-refractivity contribution is 0.155. The van der Waals surface area contributed by atoms with E-state index >= 15 is 0 Å². The van der Waals surface area contributed by atoms with Crippen LogP contribution >= 0.6 is 0 Å². The van der Waals surface area contributed by atoms with Gasteiger partial charge < -0.3 is 18.9 Å². The van der Waals surface area contributed by atoms with Gasteiger partial charge in [-0.15, -0.1) is 0 Å². The van der Waals surface area contributed by atoms with Crippen molar-refractivity contribution >= 4 is 11.8 Å².